The number of nitrogens with one attached hydrogen (secondary N) is 1. The molecule has 0 aliphatic carbocycles. The Morgan fingerprint density at radius 3 is 2.50 bits per heavy atom. The van der Waals surface area contributed by atoms with Crippen molar-refractivity contribution in [3.05, 3.63) is 28.2 Å². The minimum Gasteiger partial charge on any atom is -0.385 e. The van der Waals surface area contributed by atoms with E-state index in [0.29, 0.717) is 11.0 Å². The van der Waals surface area contributed by atoms with Crippen molar-refractivity contribution in [1.29, 1.82) is 0 Å². The summed E-state index contributed by atoms with van der Waals surface area (Å²) in [4.78, 5) is 1.99. The molecule has 102 valence electrons. The minimum absolute atomic E-state index is 0.129. The third kappa shape index (κ3) is 4.86. The second-order valence-electron chi connectivity index (χ2n) is 4.27. The Morgan fingerprint density at radius 2 is 1.94 bits per heavy atom. The van der Waals surface area contributed by atoms with Crippen molar-refractivity contribution >= 4 is 21.6 Å². The maximum Gasteiger partial charge on any atom is 0.418 e. The molecule has 0 radical (unpaired) electrons. The Hall–Kier alpha value is -0.750. The fourth-order valence-electron chi connectivity index (χ4n) is 1.52. The molecule has 0 fully saturated rings. The van der Waals surface area contributed by atoms with E-state index in [2.05, 4.69) is 21.2 Å². The predicted molar refractivity (Wildman–Crippen MR) is 70.8 cm³/mol. The fraction of sp³-hybridized carbons (Fsp3) is 0.500. The molecule has 0 aliphatic rings. The molecule has 0 atom stereocenters. The van der Waals surface area contributed by atoms with Gasteiger partial charge in [0.05, 0.1) is 5.56 Å². The van der Waals surface area contributed by atoms with Gasteiger partial charge in [-0.3, -0.25) is 0 Å². The van der Waals surface area contributed by atoms with Gasteiger partial charge in [-0.15, -0.1) is 0 Å². The van der Waals surface area contributed by atoms with Crippen LogP contribution in [0.4, 0.5) is 18.9 Å². The van der Waals surface area contributed by atoms with Crippen LogP contribution in [-0.4, -0.2) is 32.1 Å². The highest BCUT2D eigenvalue weighted by Gasteiger charge is 2.33. The lowest BCUT2D eigenvalue weighted by Crippen LogP contribution is -2.17. The number of anilines is 1. The Bertz CT molecular complexity index is 391. The van der Waals surface area contributed by atoms with Gasteiger partial charge in [0.1, 0.15) is 0 Å². The first-order valence-corrected chi connectivity index (χ1v) is 6.35. The van der Waals surface area contributed by atoms with Crippen LogP contribution < -0.4 is 5.32 Å². The average Bonchev–Trinajstić information content (AvgIpc) is 2.24. The van der Waals surface area contributed by atoms with Crippen LogP contribution in [0.1, 0.15) is 12.0 Å². The Balaban J connectivity index is 2.70. The predicted octanol–water partition coefficient (Wildman–Crippen LogP) is 3.83. The average molecular weight is 325 g/mol. The summed E-state index contributed by atoms with van der Waals surface area (Å²) in [6.07, 6.45) is -3.55. The van der Waals surface area contributed by atoms with Crippen molar-refractivity contribution in [3.63, 3.8) is 0 Å². The van der Waals surface area contributed by atoms with Crippen LogP contribution in [0.15, 0.2) is 22.7 Å². The number of benzene rings is 1. The lowest BCUT2D eigenvalue weighted by Gasteiger charge is -2.16. The van der Waals surface area contributed by atoms with Crippen LogP contribution in [0.3, 0.4) is 0 Å². The highest BCUT2D eigenvalue weighted by molar-refractivity contribution is 9.10. The van der Waals surface area contributed by atoms with Crippen LogP contribution in [-0.2, 0) is 6.18 Å². The summed E-state index contributed by atoms with van der Waals surface area (Å²) in [6.45, 7) is 1.35. The zero-order chi connectivity index (χ0) is 13.8. The van der Waals surface area contributed by atoms with E-state index in [1.54, 1.807) is 6.07 Å². The second-order valence-corrected chi connectivity index (χ2v) is 5.19. The lowest BCUT2D eigenvalue weighted by molar-refractivity contribution is -0.137. The topological polar surface area (TPSA) is 15.3 Å². The number of rotatable bonds is 5. The molecule has 0 saturated carbocycles. The van der Waals surface area contributed by atoms with Crippen LogP contribution >= 0.6 is 15.9 Å². The number of hydrogen-bond donors (Lipinski definition) is 1. The standard InChI is InChI=1S/C12H16BrF3N2/c1-18(2)7-3-6-17-11-5-4-9(13)8-10(11)12(14,15)16/h4-5,8,17H,3,6-7H2,1-2H3. The summed E-state index contributed by atoms with van der Waals surface area (Å²) in [6, 6.07) is 4.14. The first-order chi connectivity index (χ1) is 8.30. The van der Waals surface area contributed by atoms with Crippen LogP contribution in [0.25, 0.3) is 0 Å². The number of alkyl halides is 3. The van der Waals surface area contributed by atoms with E-state index < -0.39 is 11.7 Å². The lowest BCUT2D eigenvalue weighted by atomic mass is 10.1. The molecule has 2 nitrogen and oxygen atoms in total. The van der Waals surface area contributed by atoms with Crippen molar-refractivity contribution < 1.29 is 13.2 Å². The fourth-order valence-corrected chi connectivity index (χ4v) is 1.88. The number of nitrogens with zero attached hydrogens (tertiary/aromatic N) is 1. The molecule has 0 heterocycles. The van der Waals surface area contributed by atoms with Crippen molar-refractivity contribution in [2.24, 2.45) is 0 Å². The normalized spacial score (nSPS) is 11.9. The molecule has 0 spiro atoms. The smallest absolute Gasteiger partial charge is 0.385 e. The zero-order valence-electron chi connectivity index (χ0n) is 10.3. The van der Waals surface area contributed by atoms with E-state index in [-0.39, 0.29) is 5.69 Å². The Kier molecular flexibility index (Phi) is 5.47. The van der Waals surface area contributed by atoms with Gasteiger partial charge in [0.2, 0.25) is 0 Å². The molecular weight excluding hydrogens is 309 g/mol. The third-order valence-electron chi connectivity index (χ3n) is 2.38. The summed E-state index contributed by atoms with van der Waals surface area (Å²) in [5.74, 6) is 0. The quantitative estimate of drug-likeness (QED) is 0.828. The zero-order valence-corrected chi connectivity index (χ0v) is 11.9. The van der Waals surface area contributed by atoms with E-state index >= 15 is 0 Å². The first-order valence-electron chi connectivity index (χ1n) is 5.56. The number of halogens is 4. The summed E-state index contributed by atoms with van der Waals surface area (Å²) in [5.41, 5.74) is -0.508. The molecule has 1 aromatic rings. The molecule has 0 bridgehead atoms. The van der Waals surface area contributed by atoms with Gasteiger partial charge in [-0.1, -0.05) is 15.9 Å². The highest BCUT2D eigenvalue weighted by Crippen LogP contribution is 2.36. The Labute approximate surface area is 113 Å². The molecule has 1 N–H and O–H groups in total. The van der Waals surface area contributed by atoms with Gasteiger partial charge in [-0.25, -0.2) is 0 Å². The van der Waals surface area contributed by atoms with E-state index in [9.17, 15) is 13.2 Å². The van der Waals surface area contributed by atoms with Gasteiger partial charge in [0, 0.05) is 16.7 Å². The highest BCUT2D eigenvalue weighted by atomic mass is 79.9. The summed E-state index contributed by atoms with van der Waals surface area (Å²) < 4.78 is 38.8. The van der Waals surface area contributed by atoms with E-state index in [1.165, 1.54) is 6.07 Å². The minimum atomic E-state index is -4.34. The van der Waals surface area contributed by atoms with Crippen molar-refractivity contribution in [2.45, 2.75) is 12.6 Å². The van der Waals surface area contributed by atoms with Gasteiger partial charge >= 0.3 is 6.18 Å². The summed E-state index contributed by atoms with van der Waals surface area (Å²) in [7, 11) is 3.86. The summed E-state index contributed by atoms with van der Waals surface area (Å²) in [5, 5.41) is 2.83. The summed E-state index contributed by atoms with van der Waals surface area (Å²) >= 11 is 3.06. The van der Waals surface area contributed by atoms with Gasteiger partial charge < -0.3 is 10.2 Å². The van der Waals surface area contributed by atoms with E-state index in [1.807, 2.05) is 19.0 Å². The van der Waals surface area contributed by atoms with E-state index in [4.69, 9.17) is 0 Å². The van der Waals surface area contributed by atoms with Gasteiger partial charge in [-0.2, -0.15) is 13.2 Å². The maximum absolute atomic E-state index is 12.8. The van der Waals surface area contributed by atoms with Crippen molar-refractivity contribution in [2.75, 3.05) is 32.5 Å². The first kappa shape index (κ1) is 15.3. The Morgan fingerprint density at radius 1 is 1.28 bits per heavy atom. The number of hydrogen-bond acceptors (Lipinski definition) is 2. The molecular formula is C12H16BrF3N2. The SMILES string of the molecule is CN(C)CCCNc1ccc(Br)cc1C(F)(F)F. The molecule has 18 heavy (non-hydrogen) atoms. The maximum atomic E-state index is 12.8. The van der Waals surface area contributed by atoms with Crippen LogP contribution in [0.2, 0.25) is 0 Å². The molecule has 0 saturated heterocycles. The monoisotopic (exact) mass is 324 g/mol. The molecule has 1 rings (SSSR count). The van der Waals surface area contributed by atoms with E-state index in [0.717, 1.165) is 19.0 Å². The van der Waals surface area contributed by atoms with Crippen LogP contribution in [0, 0.1) is 0 Å². The van der Waals surface area contributed by atoms with Crippen LogP contribution in [0.5, 0.6) is 0 Å². The van der Waals surface area contributed by atoms with Crippen molar-refractivity contribution in [3.8, 4) is 0 Å². The van der Waals surface area contributed by atoms with Gasteiger partial charge in [0.15, 0.2) is 0 Å². The second kappa shape index (κ2) is 6.43. The molecule has 6 heteroatoms. The van der Waals surface area contributed by atoms with Gasteiger partial charge in [0.25, 0.3) is 0 Å². The molecule has 0 unspecified atom stereocenters. The molecule has 0 aliphatic heterocycles. The van der Waals surface area contributed by atoms with Crippen molar-refractivity contribution in [1.82, 2.24) is 4.90 Å². The largest absolute Gasteiger partial charge is 0.418 e. The molecule has 1 aromatic carbocycles. The molecule has 0 aromatic heterocycles. The molecule has 0 amide bonds. The third-order valence-corrected chi connectivity index (χ3v) is 2.88. The van der Waals surface area contributed by atoms with Gasteiger partial charge in [-0.05, 0) is 45.3 Å².